The molecule has 1 amide bonds. The molecule has 74 valence electrons. The summed E-state index contributed by atoms with van der Waals surface area (Å²) >= 11 is 0. The van der Waals surface area contributed by atoms with Gasteiger partial charge in [0.1, 0.15) is 5.75 Å². The average Bonchev–Trinajstić information content (AvgIpc) is 2.87. The van der Waals surface area contributed by atoms with Gasteiger partial charge in [0.15, 0.2) is 0 Å². The Balaban J connectivity index is 2.04. The molecule has 1 aromatic rings. The highest BCUT2D eigenvalue weighted by atomic mass is 16.3. The number of rotatable bonds is 2. The predicted molar refractivity (Wildman–Crippen MR) is 54.0 cm³/mol. The summed E-state index contributed by atoms with van der Waals surface area (Å²) in [4.78, 5) is 11.5. The van der Waals surface area contributed by atoms with Gasteiger partial charge in [-0.05, 0) is 24.5 Å². The maximum absolute atomic E-state index is 11.5. The third kappa shape index (κ3) is 1.71. The first-order chi connectivity index (χ1) is 6.68. The van der Waals surface area contributed by atoms with Crippen LogP contribution in [0.25, 0.3) is 0 Å². The van der Waals surface area contributed by atoms with Gasteiger partial charge in [0.05, 0.1) is 5.69 Å². The maximum atomic E-state index is 11.5. The van der Waals surface area contributed by atoms with Crippen LogP contribution in [0, 0.1) is 11.8 Å². The quantitative estimate of drug-likeness (QED) is 0.702. The van der Waals surface area contributed by atoms with E-state index in [4.69, 9.17) is 0 Å². The Morgan fingerprint density at radius 2 is 2.14 bits per heavy atom. The molecule has 1 fully saturated rings. The SMILES string of the molecule is CC1CC1C(=O)Nc1ccccc1O. The van der Waals surface area contributed by atoms with Gasteiger partial charge >= 0.3 is 0 Å². The summed E-state index contributed by atoms with van der Waals surface area (Å²) in [6, 6.07) is 6.77. The monoisotopic (exact) mass is 191 g/mol. The number of para-hydroxylation sites is 2. The second-order valence-electron chi connectivity index (χ2n) is 3.83. The number of phenols is 1. The van der Waals surface area contributed by atoms with Crippen molar-refractivity contribution in [2.75, 3.05) is 5.32 Å². The molecular weight excluding hydrogens is 178 g/mol. The smallest absolute Gasteiger partial charge is 0.227 e. The zero-order valence-electron chi connectivity index (χ0n) is 8.03. The summed E-state index contributed by atoms with van der Waals surface area (Å²) in [7, 11) is 0. The van der Waals surface area contributed by atoms with Crippen molar-refractivity contribution in [1.29, 1.82) is 0 Å². The van der Waals surface area contributed by atoms with E-state index in [2.05, 4.69) is 12.2 Å². The largest absolute Gasteiger partial charge is 0.506 e. The summed E-state index contributed by atoms with van der Waals surface area (Å²) in [5.74, 6) is 0.753. The normalized spacial score (nSPS) is 24.4. The molecule has 1 aromatic carbocycles. The highest BCUT2D eigenvalue weighted by Gasteiger charge is 2.39. The lowest BCUT2D eigenvalue weighted by molar-refractivity contribution is -0.117. The summed E-state index contributed by atoms with van der Waals surface area (Å²) in [6.45, 7) is 2.05. The van der Waals surface area contributed by atoms with Gasteiger partial charge in [0.2, 0.25) is 5.91 Å². The fraction of sp³-hybridized carbons (Fsp3) is 0.364. The van der Waals surface area contributed by atoms with Crippen LogP contribution >= 0.6 is 0 Å². The standard InChI is InChI=1S/C11H13NO2/c1-7-6-8(7)11(14)12-9-4-2-3-5-10(9)13/h2-5,7-8,13H,6H2,1H3,(H,12,14). The molecule has 2 N–H and O–H groups in total. The molecule has 2 atom stereocenters. The second kappa shape index (κ2) is 3.33. The number of amides is 1. The van der Waals surface area contributed by atoms with Crippen LogP contribution in [0.5, 0.6) is 5.75 Å². The number of nitrogens with one attached hydrogen (secondary N) is 1. The number of hydrogen-bond donors (Lipinski definition) is 2. The van der Waals surface area contributed by atoms with E-state index in [0.29, 0.717) is 11.6 Å². The van der Waals surface area contributed by atoms with Gasteiger partial charge in [-0.3, -0.25) is 4.79 Å². The molecule has 0 bridgehead atoms. The predicted octanol–water partition coefficient (Wildman–Crippen LogP) is 1.99. The summed E-state index contributed by atoms with van der Waals surface area (Å²) < 4.78 is 0. The van der Waals surface area contributed by atoms with Crippen molar-refractivity contribution in [2.45, 2.75) is 13.3 Å². The molecule has 2 unspecified atom stereocenters. The van der Waals surface area contributed by atoms with Gasteiger partial charge in [0.25, 0.3) is 0 Å². The fourth-order valence-corrected chi connectivity index (χ4v) is 1.49. The van der Waals surface area contributed by atoms with E-state index in [1.165, 1.54) is 0 Å². The van der Waals surface area contributed by atoms with E-state index in [1.807, 2.05) is 0 Å². The van der Waals surface area contributed by atoms with Crippen LogP contribution in [-0.4, -0.2) is 11.0 Å². The molecule has 0 aromatic heterocycles. The molecule has 14 heavy (non-hydrogen) atoms. The number of benzene rings is 1. The minimum Gasteiger partial charge on any atom is -0.506 e. The lowest BCUT2D eigenvalue weighted by Gasteiger charge is -2.05. The molecule has 1 aliphatic rings. The van der Waals surface area contributed by atoms with E-state index < -0.39 is 0 Å². The second-order valence-corrected chi connectivity index (χ2v) is 3.83. The molecule has 3 heteroatoms. The minimum absolute atomic E-state index is 0.0130. The number of carbonyl (C=O) groups excluding carboxylic acids is 1. The van der Waals surface area contributed by atoms with Crippen molar-refractivity contribution in [3.8, 4) is 5.75 Å². The summed E-state index contributed by atoms with van der Waals surface area (Å²) in [5, 5.41) is 12.1. The first kappa shape index (κ1) is 9.06. The molecule has 2 rings (SSSR count). The van der Waals surface area contributed by atoms with Crippen LogP contribution in [0.15, 0.2) is 24.3 Å². The van der Waals surface area contributed by atoms with Gasteiger partial charge in [-0.2, -0.15) is 0 Å². The van der Waals surface area contributed by atoms with Crippen LogP contribution < -0.4 is 5.32 Å². The lowest BCUT2D eigenvalue weighted by Crippen LogP contribution is -2.14. The number of phenolic OH excluding ortho intramolecular Hbond substituents is 1. The minimum atomic E-state index is 0.0130. The molecule has 0 radical (unpaired) electrons. The van der Waals surface area contributed by atoms with E-state index in [0.717, 1.165) is 6.42 Å². The summed E-state index contributed by atoms with van der Waals surface area (Å²) in [5.41, 5.74) is 0.497. The van der Waals surface area contributed by atoms with Crippen LogP contribution in [-0.2, 0) is 4.79 Å². The van der Waals surface area contributed by atoms with Crippen molar-refractivity contribution in [2.24, 2.45) is 11.8 Å². The van der Waals surface area contributed by atoms with Crippen LogP contribution in [0.2, 0.25) is 0 Å². The Hall–Kier alpha value is -1.51. The number of anilines is 1. The van der Waals surface area contributed by atoms with Crippen molar-refractivity contribution in [3.05, 3.63) is 24.3 Å². The van der Waals surface area contributed by atoms with E-state index >= 15 is 0 Å². The summed E-state index contributed by atoms with van der Waals surface area (Å²) in [6.07, 6.45) is 0.958. The van der Waals surface area contributed by atoms with Crippen molar-refractivity contribution in [1.82, 2.24) is 0 Å². The third-order valence-electron chi connectivity index (χ3n) is 2.61. The van der Waals surface area contributed by atoms with Crippen molar-refractivity contribution >= 4 is 11.6 Å². The van der Waals surface area contributed by atoms with Crippen LogP contribution in [0.3, 0.4) is 0 Å². The molecule has 0 aliphatic heterocycles. The van der Waals surface area contributed by atoms with Crippen LogP contribution in [0.1, 0.15) is 13.3 Å². The number of carbonyl (C=O) groups is 1. The van der Waals surface area contributed by atoms with Gasteiger partial charge in [-0.15, -0.1) is 0 Å². The average molecular weight is 191 g/mol. The topological polar surface area (TPSA) is 49.3 Å². The molecule has 1 saturated carbocycles. The molecule has 0 heterocycles. The highest BCUT2D eigenvalue weighted by Crippen LogP contribution is 2.39. The molecule has 3 nitrogen and oxygen atoms in total. The maximum Gasteiger partial charge on any atom is 0.227 e. The van der Waals surface area contributed by atoms with Gasteiger partial charge in [0, 0.05) is 5.92 Å². The van der Waals surface area contributed by atoms with Crippen molar-refractivity contribution in [3.63, 3.8) is 0 Å². The van der Waals surface area contributed by atoms with E-state index in [-0.39, 0.29) is 17.6 Å². The number of hydrogen-bond acceptors (Lipinski definition) is 2. The van der Waals surface area contributed by atoms with Gasteiger partial charge in [-0.1, -0.05) is 19.1 Å². The zero-order chi connectivity index (χ0) is 10.1. The molecule has 1 aliphatic carbocycles. The Morgan fingerprint density at radius 3 is 2.71 bits per heavy atom. The Bertz CT molecular complexity index is 362. The first-order valence-electron chi connectivity index (χ1n) is 4.77. The molecular formula is C11H13NO2. The molecule has 0 saturated heterocycles. The van der Waals surface area contributed by atoms with Crippen molar-refractivity contribution < 1.29 is 9.90 Å². The van der Waals surface area contributed by atoms with E-state index in [9.17, 15) is 9.90 Å². The Labute approximate surface area is 82.8 Å². The highest BCUT2D eigenvalue weighted by molar-refractivity contribution is 5.95. The lowest BCUT2D eigenvalue weighted by atomic mass is 10.2. The third-order valence-corrected chi connectivity index (χ3v) is 2.61. The Morgan fingerprint density at radius 1 is 1.50 bits per heavy atom. The van der Waals surface area contributed by atoms with Crippen LogP contribution in [0.4, 0.5) is 5.69 Å². The Kier molecular flexibility index (Phi) is 2.15. The first-order valence-corrected chi connectivity index (χ1v) is 4.77. The number of aromatic hydroxyl groups is 1. The van der Waals surface area contributed by atoms with Gasteiger partial charge < -0.3 is 10.4 Å². The molecule has 0 spiro atoms. The van der Waals surface area contributed by atoms with Gasteiger partial charge in [-0.25, -0.2) is 0 Å². The van der Waals surface area contributed by atoms with E-state index in [1.54, 1.807) is 24.3 Å². The zero-order valence-corrected chi connectivity index (χ0v) is 8.03. The fourth-order valence-electron chi connectivity index (χ4n) is 1.49.